The fourth-order valence-corrected chi connectivity index (χ4v) is 3.50. The van der Waals surface area contributed by atoms with E-state index in [1.54, 1.807) is 0 Å². The lowest BCUT2D eigenvalue weighted by atomic mass is 9.63. The summed E-state index contributed by atoms with van der Waals surface area (Å²) in [6, 6.07) is 0. The fourth-order valence-electron chi connectivity index (χ4n) is 3.50. The van der Waals surface area contributed by atoms with Crippen molar-refractivity contribution in [3.05, 3.63) is 0 Å². The van der Waals surface area contributed by atoms with Gasteiger partial charge in [-0.05, 0) is 41.9 Å². The van der Waals surface area contributed by atoms with Crippen LogP contribution in [0.2, 0.25) is 0 Å². The van der Waals surface area contributed by atoms with Gasteiger partial charge in [-0.3, -0.25) is 0 Å². The maximum Gasteiger partial charge on any atom is -0.0303 e. The van der Waals surface area contributed by atoms with Gasteiger partial charge in [-0.25, -0.2) is 0 Å². The molecule has 0 saturated heterocycles. The molecule has 1 rings (SSSR count). The summed E-state index contributed by atoms with van der Waals surface area (Å²) in [5.41, 5.74) is 1.56. The molecule has 0 spiro atoms. The second-order valence-electron chi connectivity index (χ2n) is 9.05. The molecular formula is C19H38. The maximum absolute atomic E-state index is 2.50. The molecule has 0 aromatic heterocycles. The molecule has 0 heterocycles. The van der Waals surface area contributed by atoms with Gasteiger partial charge in [0.25, 0.3) is 0 Å². The van der Waals surface area contributed by atoms with E-state index in [0.29, 0.717) is 16.2 Å². The highest BCUT2D eigenvalue weighted by molar-refractivity contribution is 4.86. The number of rotatable bonds is 0. The first-order chi connectivity index (χ1) is 8.66. The second-order valence-corrected chi connectivity index (χ2v) is 9.05. The first-order valence-electron chi connectivity index (χ1n) is 8.66. The van der Waals surface area contributed by atoms with Gasteiger partial charge in [0.2, 0.25) is 0 Å². The Balaban J connectivity index is 2.63. The Bertz CT molecular complexity index is 257. The third-order valence-corrected chi connectivity index (χ3v) is 6.14. The zero-order chi connectivity index (χ0) is 14.6. The Kier molecular flexibility index (Phi) is 5.96. The summed E-state index contributed by atoms with van der Waals surface area (Å²) in [7, 11) is 0. The first-order valence-corrected chi connectivity index (χ1v) is 8.66. The lowest BCUT2D eigenvalue weighted by Gasteiger charge is -2.42. The summed E-state index contributed by atoms with van der Waals surface area (Å²) in [6.07, 6.45) is 14.2. The third kappa shape index (κ3) is 5.48. The van der Waals surface area contributed by atoms with Crippen LogP contribution in [0.25, 0.3) is 0 Å². The van der Waals surface area contributed by atoms with Crippen LogP contribution in [-0.4, -0.2) is 0 Å². The van der Waals surface area contributed by atoms with Crippen molar-refractivity contribution >= 4 is 0 Å². The Morgan fingerprint density at radius 1 is 0.421 bits per heavy atom. The van der Waals surface area contributed by atoms with Gasteiger partial charge in [-0.1, -0.05) is 80.1 Å². The lowest BCUT2D eigenvalue weighted by Crippen LogP contribution is -2.32. The summed E-state index contributed by atoms with van der Waals surface area (Å²) in [4.78, 5) is 0. The number of hydrogen-bond acceptors (Lipinski definition) is 0. The highest BCUT2D eigenvalue weighted by atomic mass is 14.4. The van der Waals surface area contributed by atoms with Gasteiger partial charge in [0.1, 0.15) is 0 Å². The van der Waals surface area contributed by atoms with Crippen LogP contribution in [0.5, 0.6) is 0 Å². The van der Waals surface area contributed by atoms with Crippen molar-refractivity contribution in [3.63, 3.8) is 0 Å². The summed E-state index contributed by atoms with van der Waals surface area (Å²) in [5, 5.41) is 0. The molecule has 19 heavy (non-hydrogen) atoms. The topological polar surface area (TPSA) is 0 Å². The van der Waals surface area contributed by atoms with Gasteiger partial charge in [0.05, 0.1) is 0 Å². The predicted molar refractivity (Wildman–Crippen MR) is 87.5 cm³/mol. The summed E-state index contributed by atoms with van der Waals surface area (Å²) in [6.45, 7) is 14.9. The molecule has 0 unspecified atom stereocenters. The normalized spacial score (nSPS) is 28.7. The van der Waals surface area contributed by atoms with E-state index >= 15 is 0 Å². The first kappa shape index (κ1) is 17.1. The van der Waals surface area contributed by atoms with Crippen molar-refractivity contribution in [2.24, 2.45) is 16.2 Å². The Morgan fingerprint density at radius 3 is 1.21 bits per heavy atom. The van der Waals surface area contributed by atoms with Crippen molar-refractivity contribution in [1.29, 1.82) is 0 Å². The highest BCUT2D eigenvalue weighted by Gasteiger charge is 2.35. The van der Waals surface area contributed by atoms with Crippen LogP contribution in [-0.2, 0) is 0 Å². The molecule has 1 aliphatic rings. The molecule has 0 amide bonds. The van der Waals surface area contributed by atoms with Crippen LogP contribution in [0.1, 0.15) is 106 Å². The van der Waals surface area contributed by atoms with Crippen molar-refractivity contribution in [2.45, 2.75) is 106 Å². The Labute approximate surface area is 122 Å². The lowest BCUT2D eigenvalue weighted by molar-refractivity contribution is 0.0811. The van der Waals surface area contributed by atoms with E-state index in [0.717, 1.165) is 0 Å². The van der Waals surface area contributed by atoms with Crippen LogP contribution >= 0.6 is 0 Å². The summed E-state index contributed by atoms with van der Waals surface area (Å²) >= 11 is 0. The summed E-state index contributed by atoms with van der Waals surface area (Å²) < 4.78 is 0. The third-order valence-electron chi connectivity index (χ3n) is 6.14. The zero-order valence-corrected chi connectivity index (χ0v) is 14.6. The number of hydrogen-bond donors (Lipinski definition) is 0. The SMILES string of the molecule is CC1(C)CCCCCCC(C)(C)C(C)(C)CCCC1. The van der Waals surface area contributed by atoms with Gasteiger partial charge in [0, 0.05) is 0 Å². The molecular weight excluding hydrogens is 228 g/mol. The molecule has 0 nitrogen and oxygen atoms in total. The van der Waals surface area contributed by atoms with E-state index in [4.69, 9.17) is 0 Å². The second kappa shape index (κ2) is 6.64. The quantitative estimate of drug-likeness (QED) is 0.443. The average Bonchev–Trinajstić information content (AvgIpc) is 2.28. The van der Waals surface area contributed by atoms with E-state index in [1.165, 1.54) is 64.2 Å². The molecule has 0 aromatic rings. The van der Waals surface area contributed by atoms with Crippen LogP contribution in [0, 0.1) is 16.2 Å². The van der Waals surface area contributed by atoms with Crippen LogP contribution in [0.15, 0.2) is 0 Å². The molecule has 114 valence electrons. The maximum atomic E-state index is 2.50. The van der Waals surface area contributed by atoms with Gasteiger partial charge in [-0.15, -0.1) is 0 Å². The minimum Gasteiger partial charge on any atom is -0.0599 e. The van der Waals surface area contributed by atoms with Crippen molar-refractivity contribution < 1.29 is 0 Å². The Hall–Kier alpha value is 0. The molecule has 1 aliphatic carbocycles. The highest BCUT2D eigenvalue weighted by Crippen LogP contribution is 2.46. The van der Waals surface area contributed by atoms with E-state index < -0.39 is 0 Å². The van der Waals surface area contributed by atoms with E-state index in [2.05, 4.69) is 41.5 Å². The van der Waals surface area contributed by atoms with Crippen molar-refractivity contribution in [2.75, 3.05) is 0 Å². The average molecular weight is 267 g/mol. The molecule has 0 radical (unpaired) electrons. The molecule has 1 fully saturated rings. The fraction of sp³-hybridized carbons (Fsp3) is 1.00. The minimum atomic E-state index is 0.491. The smallest absolute Gasteiger partial charge is 0.0303 e. The van der Waals surface area contributed by atoms with Crippen molar-refractivity contribution in [1.82, 2.24) is 0 Å². The molecule has 0 aromatic carbocycles. The standard InChI is InChI=1S/C19H38/c1-17(2)13-9-7-8-10-15-18(3,4)19(5,6)16-12-11-14-17/h7-16H2,1-6H3. The molecule has 1 saturated carbocycles. The summed E-state index contributed by atoms with van der Waals surface area (Å²) in [5.74, 6) is 0. The molecule has 0 bridgehead atoms. The van der Waals surface area contributed by atoms with Gasteiger partial charge < -0.3 is 0 Å². The minimum absolute atomic E-state index is 0.491. The zero-order valence-electron chi connectivity index (χ0n) is 14.6. The van der Waals surface area contributed by atoms with E-state index in [-0.39, 0.29) is 0 Å². The molecule has 0 aliphatic heterocycles. The predicted octanol–water partition coefficient (Wildman–Crippen LogP) is 6.98. The molecule has 0 atom stereocenters. The van der Waals surface area contributed by atoms with Gasteiger partial charge in [-0.2, -0.15) is 0 Å². The monoisotopic (exact) mass is 266 g/mol. The van der Waals surface area contributed by atoms with Crippen LogP contribution in [0.4, 0.5) is 0 Å². The van der Waals surface area contributed by atoms with E-state index in [9.17, 15) is 0 Å². The molecule has 0 heteroatoms. The van der Waals surface area contributed by atoms with Gasteiger partial charge >= 0.3 is 0 Å². The van der Waals surface area contributed by atoms with Crippen molar-refractivity contribution in [3.8, 4) is 0 Å². The molecule has 0 N–H and O–H groups in total. The van der Waals surface area contributed by atoms with Crippen LogP contribution in [0.3, 0.4) is 0 Å². The van der Waals surface area contributed by atoms with Gasteiger partial charge in [0.15, 0.2) is 0 Å². The van der Waals surface area contributed by atoms with E-state index in [1.807, 2.05) is 0 Å². The Morgan fingerprint density at radius 2 is 0.737 bits per heavy atom. The van der Waals surface area contributed by atoms with Crippen LogP contribution < -0.4 is 0 Å². The largest absolute Gasteiger partial charge is 0.0599 e.